The summed E-state index contributed by atoms with van der Waals surface area (Å²) in [6, 6.07) is 0. The van der Waals surface area contributed by atoms with Crippen LogP contribution in [0, 0.1) is 0 Å². The Hall–Kier alpha value is -1.43. The van der Waals surface area contributed by atoms with E-state index in [1.165, 1.54) is 0 Å². The summed E-state index contributed by atoms with van der Waals surface area (Å²) in [6.45, 7) is 5.74. The number of carboxylic acid groups (broad SMARTS) is 1. The summed E-state index contributed by atoms with van der Waals surface area (Å²) in [5.41, 5.74) is -0.322. The lowest BCUT2D eigenvalue weighted by Crippen LogP contribution is -2.18. The van der Waals surface area contributed by atoms with Crippen LogP contribution in [0.2, 0.25) is 0 Å². The van der Waals surface area contributed by atoms with Gasteiger partial charge in [-0.2, -0.15) is 4.98 Å². The summed E-state index contributed by atoms with van der Waals surface area (Å²) in [5.74, 6) is -1.40. The van der Waals surface area contributed by atoms with Crippen LogP contribution in [0.4, 0.5) is 0 Å². The van der Waals surface area contributed by atoms with E-state index in [2.05, 4.69) is 14.7 Å². The number of hydrogen-bond acceptors (Lipinski definition) is 5. The molecule has 0 spiro atoms. The van der Waals surface area contributed by atoms with Crippen LogP contribution in [0.25, 0.3) is 0 Å². The molecule has 0 radical (unpaired) electrons. The van der Waals surface area contributed by atoms with E-state index in [0.717, 1.165) is 0 Å². The predicted octanol–water partition coefficient (Wildman–Crippen LogP) is 1.08. The Morgan fingerprint density at radius 2 is 2.21 bits per heavy atom. The molecule has 1 rings (SSSR count). The first-order chi connectivity index (χ1) is 6.38. The van der Waals surface area contributed by atoms with Crippen molar-refractivity contribution in [2.45, 2.75) is 33.0 Å². The Labute approximate surface area is 80.9 Å². The van der Waals surface area contributed by atoms with Gasteiger partial charge in [0.1, 0.15) is 6.61 Å². The highest BCUT2D eigenvalue weighted by Gasteiger charge is 2.16. The first kappa shape index (κ1) is 10.6. The number of rotatable bonds is 3. The fraction of sp³-hybridized carbons (Fsp3) is 0.625. The second kappa shape index (κ2) is 3.75. The Kier molecular flexibility index (Phi) is 2.85. The van der Waals surface area contributed by atoms with Gasteiger partial charge in [-0.1, -0.05) is 0 Å². The van der Waals surface area contributed by atoms with Crippen molar-refractivity contribution in [3.8, 4) is 0 Å². The standard InChI is InChI=1S/C8H12N2O4/c1-8(2,3)13-4-5-9-6(7(11)12)10-14-5/h4H2,1-3H3,(H,11,12). The zero-order chi connectivity index (χ0) is 10.8. The van der Waals surface area contributed by atoms with Crippen LogP contribution in [-0.2, 0) is 11.3 Å². The van der Waals surface area contributed by atoms with Gasteiger partial charge in [0, 0.05) is 0 Å². The number of carbonyl (C=O) groups is 1. The van der Waals surface area contributed by atoms with Crippen LogP contribution in [0.3, 0.4) is 0 Å². The molecule has 0 aromatic carbocycles. The Morgan fingerprint density at radius 3 is 2.64 bits per heavy atom. The smallest absolute Gasteiger partial charge is 0.377 e. The number of aromatic nitrogens is 2. The van der Waals surface area contributed by atoms with Crippen LogP contribution >= 0.6 is 0 Å². The van der Waals surface area contributed by atoms with Crippen molar-refractivity contribution in [1.82, 2.24) is 10.1 Å². The number of hydrogen-bond donors (Lipinski definition) is 1. The largest absolute Gasteiger partial charge is 0.475 e. The van der Waals surface area contributed by atoms with E-state index in [1.54, 1.807) is 0 Å². The second-order valence-electron chi connectivity index (χ2n) is 3.72. The molecule has 6 nitrogen and oxygen atoms in total. The van der Waals surface area contributed by atoms with Gasteiger partial charge < -0.3 is 14.4 Å². The maximum Gasteiger partial charge on any atom is 0.377 e. The molecule has 1 N–H and O–H groups in total. The minimum absolute atomic E-state index is 0.115. The van der Waals surface area contributed by atoms with Crippen molar-refractivity contribution in [1.29, 1.82) is 0 Å². The van der Waals surface area contributed by atoms with Gasteiger partial charge in [0.2, 0.25) is 0 Å². The minimum atomic E-state index is -1.21. The molecular weight excluding hydrogens is 188 g/mol. The highest BCUT2D eigenvalue weighted by atomic mass is 16.5. The summed E-state index contributed by atoms with van der Waals surface area (Å²) in [7, 11) is 0. The SMILES string of the molecule is CC(C)(C)OCc1nc(C(=O)O)no1. The van der Waals surface area contributed by atoms with Crippen LogP contribution in [-0.4, -0.2) is 26.8 Å². The highest BCUT2D eigenvalue weighted by molar-refractivity contribution is 5.82. The molecule has 0 saturated carbocycles. The van der Waals surface area contributed by atoms with E-state index in [9.17, 15) is 4.79 Å². The third-order valence-corrected chi connectivity index (χ3v) is 1.29. The van der Waals surface area contributed by atoms with Crippen molar-refractivity contribution in [3.63, 3.8) is 0 Å². The molecular formula is C8H12N2O4. The van der Waals surface area contributed by atoms with E-state index >= 15 is 0 Å². The summed E-state index contributed by atoms with van der Waals surface area (Å²) >= 11 is 0. The zero-order valence-corrected chi connectivity index (χ0v) is 8.27. The summed E-state index contributed by atoms with van der Waals surface area (Å²) in [5, 5.41) is 11.8. The summed E-state index contributed by atoms with van der Waals surface area (Å²) in [6.07, 6.45) is 0. The maximum atomic E-state index is 10.4. The molecule has 0 atom stereocenters. The van der Waals surface area contributed by atoms with E-state index in [1.807, 2.05) is 20.8 Å². The zero-order valence-electron chi connectivity index (χ0n) is 8.27. The molecule has 1 heterocycles. The monoisotopic (exact) mass is 200 g/mol. The van der Waals surface area contributed by atoms with Crippen molar-refractivity contribution in [2.75, 3.05) is 0 Å². The van der Waals surface area contributed by atoms with Gasteiger partial charge in [-0.05, 0) is 25.9 Å². The van der Waals surface area contributed by atoms with Gasteiger partial charge in [0.05, 0.1) is 5.60 Å². The molecule has 1 aromatic rings. The molecule has 0 bridgehead atoms. The highest BCUT2D eigenvalue weighted by Crippen LogP contribution is 2.10. The summed E-state index contributed by atoms with van der Waals surface area (Å²) in [4.78, 5) is 14.0. The first-order valence-corrected chi connectivity index (χ1v) is 4.08. The number of carboxylic acids is 1. The molecule has 0 saturated heterocycles. The Balaban J connectivity index is 2.56. The number of nitrogens with zero attached hydrogens (tertiary/aromatic N) is 2. The van der Waals surface area contributed by atoms with E-state index in [0.29, 0.717) is 0 Å². The van der Waals surface area contributed by atoms with Crippen LogP contribution in [0.15, 0.2) is 4.52 Å². The Morgan fingerprint density at radius 1 is 1.57 bits per heavy atom. The lowest BCUT2D eigenvalue weighted by molar-refractivity contribution is -0.0260. The molecule has 0 fully saturated rings. The molecule has 14 heavy (non-hydrogen) atoms. The average Bonchev–Trinajstić information content (AvgIpc) is 2.47. The Bertz CT molecular complexity index is 326. The molecule has 1 aromatic heterocycles. The molecule has 0 aliphatic rings. The van der Waals surface area contributed by atoms with E-state index in [4.69, 9.17) is 9.84 Å². The molecule has 0 aliphatic heterocycles. The van der Waals surface area contributed by atoms with Gasteiger partial charge in [-0.3, -0.25) is 0 Å². The maximum absolute atomic E-state index is 10.4. The van der Waals surface area contributed by atoms with Crippen LogP contribution in [0.1, 0.15) is 37.3 Å². The van der Waals surface area contributed by atoms with Crippen molar-refractivity contribution in [2.24, 2.45) is 0 Å². The first-order valence-electron chi connectivity index (χ1n) is 4.08. The number of ether oxygens (including phenoxy) is 1. The molecule has 0 amide bonds. The fourth-order valence-electron chi connectivity index (χ4n) is 0.679. The second-order valence-corrected chi connectivity index (χ2v) is 3.72. The normalized spacial score (nSPS) is 11.6. The number of aromatic carboxylic acids is 1. The van der Waals surface area contributed by atoms with Gasteiger partial charge in [-0.25, -0.2) is 4.79 Å². The third-order valence-electron chi connectivity index (χ3n) is 1.29. The van der Waals surface area contributed by atoms with E-state index in [-0.39, 0.29) is 23.9 Å². The average molecular weight is 200 g/mol. The van der Waals surface area contributed by atoms with Crippen molar-refractivity contribution < 1.29 is 19.2 Å². The molecule has 0 unspecified atom stereocenters. The van der Waals surface area contributed by atoms with Crippen molar-refractivity contribution in [3.05, 3.63) is 11.7 Å². The molecule has 6 heteroatoms. The van der Waals surface area contributed by atoms with E-state index < -0.39 is 5.97 Å². The van der Waals surface area contributed by atoms with Gasteiger partial charge >= 0.3 is 5.97 Å². The lowest BCUT2D eigenvalue weighted by Gasteiger charge is -2.17. The predicted molar refractivity (Wildman–Crippen MR) is 45.8 cm³/mol. The van der Waals surface area contributed by atoms with Gasteiger partial charge in [0.15, 0.2) is 0 Å². The molecule has 0 aliphatic carbocycles. The van der Waals surface area contributed by atoms with Gasteiger partial charge in [-0.15, -0.1) is 0 Å². The van der Waals surface area contributed by atoms with Crippen LogP contribution in [0.5, 0.6) is 0 Å². The van der Waals surface area contributed by atoms with Crippen LogP contribution < -0.4 is 0 Å². The topological polar surface area (TPSA) is 85.5 Å². The third kappa shape index (κ3) is 3.14. The molecule has 78 valence electrons. The quantitative estimate of drug-likeness (QED) is 0.785. The van der Waals surface area contributed by atoms with Gasteiger partial charge in [0.25, 0.3) is 11.7 Å². The minimum Gasteiger partial charge on any atom is -0.475 e. The fourth-order valence-corrected chi connectivity index (χ4v) is 0.679. The summed E-state index contributed by atoms with van der Waals surface area (Å²) < 4.78 is 9.97. The lowest BCUT2D eigenvalue weighted by atomic mass is 10.2. The van der Waals surface area contributed by atoms with Crippen molar-refractivity contribution >= 4 is 5.97 Å².